The van der Waals surface area contributed by atoms with Gasteiger partial charge in [0.05, 0.1) is 18.4 Å². The van der Waals surface area contributed by atoms with Crippen molar-refractivity contribution in [2.75, 3.05) is 5.32 Å². The number of rotatable bonds is 4. The Balaban J connectivity index is 1.62. The quantitative estimate of drug-likeness (QED) is 0.657. The second-order valence-corrected chi connectivity index (χ2v) is 7.81. The van der Waals surface area contributed by atoms with Crippen LogP contribution >= 0.6 is 0 Å². The molecule has 0 unspecified atom stereocenters. The van der Waals surface area contributed by atoms with Crippen LogP contribution in [0.2, 0.25) is 0 Å². The monoisotopic (exact) mass is 432 g/mol. The van der Waals surface area contributed by atoms with Crippen molar-refractivity contribution < 1.29 is 18.0 Å². The third kappa shape index (κ3) is 4.01. The molecule has 0 saturated carbocycles. The summed E-state index contributed by atoms with van der Waals surface area (Å²) >= 11 is 0. The summed E-state index contributed by atoms with van der Waals surface area (Å²) in [7, 11) is 1.79. The van der Waals surface area contributed by atoms with E-state index in [9.17, 15) is 18.0 Å². The molecule has 0 aliphatic carbocycles. The van der Waals surface area contributed by atoms with E-state index in [1.165, 1.54) is 6.20 Å². The van der Waals surface area contributed by atoms with Crippen molar-refractivity contribution in [3.05, 3.63) is 64.6 Å². The molecule has 1 aliphatic heterocycles. The second kappa shape index (κ2) is 7.75. The number of nitrogens with one attached hydrogen (secondary N) is 2. The van der Waals surface area contributed by atoms with Gasteiger partial charge < -0.3 is 10.6 Å². The number of carbonyl (C=O) groups is 1. The number of anilines is 1. The van der Waals surface area contributed by atoms with Crippen LogP contribution in [-0.2, 0) is 13.6 Å². The van der Waals surface area contributed by atoms with Crippen LogP contribution in [0.1, 0.15) is 51.2 Å². The predicted octanol–water partition coefficient (Wildman–Crippen LogP) is 3.82. The number of hydrogen-bond acceptors (Lipinski definition) is 4. The zero-order chi connectivity index (χ0) is 22.3. The molecule has 7 nitrogen and oxygen atoms in total. The molecule has 2 atom stereocenters. The fourth-order valence-corrected chi connectivity index (χ4v) is 3.73. The molecule has 1 aliphatic rings. The number of fused-ring (bicyclic) bond motifs is 1. The van der Waals surface area contributed by atoms with Crippen LogP contribution in [0.25, 0.3) is 0 Å². The maximum absolute atomic E-state index is 13.8. The molecule has 0 radical (unpaired) electrons. The molecule has 4 rings (SSSR count). The van der Waals surface area contributed by atoms with Crippen molar-refractivity contribution in [1.82, 2.24) is 24.9 Å². The van der Waals surface area contributed by atoms with Gasteiger partial charge in [0.15, 0.2) is 6.04 Å². The minimum Gasteiger partial charge on any atom is -0.363 e. The first-order valence-electron chi connectivity index (χ1n) is 9.88. The van der Waals surface area contributed by atoms with E-state index in [4.69, 9.17) is 0 Å². The van der Waals surface area contributed by atoms with Crippen LogP contribution < -0.4 is 10.6 Å². The molecule has 0 fully saturated rings. The molecule has 3 aromatic rings. The van der Waals surface area contributed by atoms with Crippen molar-refractivity contribution in [3.63, 3.8) is 0 Å². The van der Waals surface area contributed by atoms with E-state index in [0.717, 1.165) is 27.1 Å². The summed E-state index contributed by atoms with van der Waals surface area (Å²) in [6.07, 6.45) is -1.87. The second-order valence-electron chi connectivity index (χ2n) is 7.81. The molecule has 1 aromatic carbocycles. The molecule has 1 amide bonds. The molecule has 0 spiro atoms. The lowest BCUT2D eigenvalue weighted by Crippen LogP contribution is -2.36. The van der Waals surface area contributed by atoms with E-state index in [1.54, 1.807) is 30.1 Å². The number of nitrogens with zero attached hydrogens (tertiary/aromatic N) is 4. The highest BCUT2D eigenvalue weighted by Crippen LogP contribution is 2.44. The van der Waals surface area contributed by atoms with Crippen molar-refractivity contribution >= 4 is 11.7 Å². The average molecular weight is 432 g/mol. The number of carbonyl (C=O) groups excluding carboxylic acids is 1. The average Bonchev–Trinajstić information content (AvgIpc) is 3.29. The Labute approximate surface area is 177 Å². The van der Waals surface area contributed by atoms with Gasteiger partial charge in [-0.25, -0.2) is 4.68 Å². The van der Waals surface area contributed by atoms with Crippen LogP contribution in [0.3, 0.4) is 0 Å². The smallest absolute Gasteiger partial charge is 0.363 e. The predicted molar refractivity (Wildman–Crippen MR) is 109 cm³/mol. The molecule has 164 valence electrons. The number of halogens is 3. The molecule has 2 aromatic heterocycles. The summed E-state index contributed by atoms with van der Waals surface area (Å²) in [4.78, 5) is 12.8. The summed E-state index contributed by atoms with van der Waals surface area (Å²) in [6, 6.07) is 4.90. The molecular formula is C21H23F3N6O. The minimum absolute atomic E-state index is 0.0690. The number of hydrogen-bond donors (Lipinski definition) is 2. The SMILES string of the molecule is Cc1ccc([C@H]2C[C@@H](C(F)(F)F)n3ncc(C(=O)NCc4cnn(C)c4C)c3N2)cc1. The number of amides is 1. The van der Waals surface area contributed by atoms with Gasteiger partial charge in [0.2, 0.25) is 0 Å². The molecule has 2 N–H and O–H groups in total. The van der Waals surface area contributed by atoms with E-state index >= 15 is 0 Å². The van der Waals surface area contributed by atoms with E-state index in [2.05, 4.69) is 20.8 Å². The van der Waals surface area contributed by atoms with Gasteiger partial charge in [-0.2, -0.15) is 23.4 Å². The van der Waals surface area contributed by atoms with E-state index in [1.807, 2.05) is 26.0 Å². The summed E-state index contributed by atoms with van der Waals surface area (Å²) in [5.74, 6) is -0.429. The zero-order valence-electron chi connectivity index (χ0n) is 17.4. The van der Waals surface area contributed by atoms with E-state index < -0.39 is 24.2 Å². The molecule has 0 bridgehead atoms. The summed E-state index contributed by atoms with van der Waals surface area (Å²) in [5.41, 5.74) is 3.54. The van der Waals surface area contributed by atoms with Crippen LogP contribution in [-0.4, -0.2) is 31.6 Å². The van der Waals surface area contributed by atoms with Crippen LogP contribution in [0.4, 0.5) is 19.0 Å². The van der Waals surface area contributed by atoms with E-state index in [0.29, 0.717) is 0 Å². The third-order valence-electron chi connectivity index (χ3n) is 5.74. The first-order chi connectivity index (χ1) is 14.6. The van der Waals surface area contributed by atoms with Gasteiger partial charge in [0, 0.05) is 31.3 Å². The van der Waals surface area contributed by atoms with Crippen molar-refractivity contribution in [2.24, 2.45) is 7.05 Å². The number of benzene rings is 1. The van der Waals surface area contributed by atoms with Gasteiger partial charge in [0.1, 0.15) is 11.4 Å². The number of aromatic nitrogens is 4. The Morgan fingerprint density at radius 1 is 1.19 bits per heavy atom. The van der Waals surface area contributed by atoms with Crippen LogP contribution in [0.5, 0.6) is 0 Å². The van der Waals surface area contributed by atoms with Gasteiger partial charge in [-0.3, -0.25) is 9.48 Å². The lowest BCUT2D eigenvalue weighted by Gasteiger charge is -2.34. The lowest BCUT2D eigenvalue weighted by atomic mass is 9.96. The highest BCUT2D eigenvalue weighted by molar-refractivity contribution is 5.98. The van der Waals surface area contributed by atoms with Gasteiger partial charge in [0.25, 0.3) is 5.91 Å². The van der Waals surface area contributed by atoms with Crippen LogP contribution in [0.15, 0.2) is 36.7 Å². The Morgan fingerprint density at radius 2 is 1.90 bits per heavy atom. The van der Waals surface area contributed by atoms with Gasteiger partial charge in [-0.1, -0.05) is 29.8 Å². The highest BCUT2D eigenvalue weighted by atomic mass is 19.4. The Bertz CT molecular complexity index is 1100. The fourth-order valence-electron chi connectivity index (χ4n) is 3.73. The Hall–Kier alpha value is -3.30. The maximum atomic E-state index is 13.8. The Kier molecular flexibility index (Phi) is 5.24. The molecule has 3 heterocycles. The molecule has 0 saturated heterocycles. The van der Waals surface area contributed by atoms with E-state index in [-0.39, 0.29) is 24.3 Å². The van der Waals surface area contributed by atoms with Crippen molar-refractivity contribution in [3.8, 4) is 0 Å². The molecule has 31 heavy (non-hydrogen) atoms. The van der Waals surface area contributed by atoms with Gasteiger partial charge in [-0.15, -0.1) is 0 Å². The third-order valence-corrected chi connectivity index (χ3v) is 5.74. The first-order valence-corrected chi connectivity index (χ1v) is 9.88. The highest BCUT2D eigenvalue weighted by Gasteiger charge is 2.47. The topological polar surface area (TPSA) is 76.8 Å². The van der Waals surface area contributed by atoms with Gasteiger partial charge >= 0.3 is 6.18 Å². The lowest BCUT2D eigenvalue weighted by molar-refractivity contribution is -0.173. The largest absolute Gasteiger partial charge is 0.410 e. The zero-order valence-corrected chi connectivity index (χ0v) is 17.4. The maximum Gasteiger partial charge on any atom is 0.410 e. The van der Waals surface area contributed by atoms with Crippen molar-refractivity contribution in [1.29, 1.82) is 0 Å². The summed E-state index contributed by atoms with van der Waals surface area (Å²) in [5, 5.41) is 13.9. The standard InChI is InChI=1S/C21H23F3N6O/c1-12-4-6-14(7-5-12)17-8-18(21(22,23)24)30-19(28-17)16(11-27-30)20(31)25-9-15-10-26-29(3)13(15)2/h4-7,10-11,17-18,28H,8-9H2,1-3H3,(H,25,31)/t17-,18+/m1/s1. The van der Waals surface area contributed by atoms with Gasteiger partial charge in [-0.05, 0) is 19.4 Å². The minimum atomic E-state index is -4.49. The molecular weight excluding hydrogens is 409 g/mol. The number of alkyl halides is 3. The summed E-state index contributed by atoms with van der Waals surface area (Å²) in [6.45, 7) is 4.00. The van der Waals surface area contributed by atoms with Crippen LogP contribution in [0, 0.1) is 13.8 Å². The normalized spacial score (nSPS) is 18.4. The Morgan fingerprint density at radius 3 is 2.52 bits per heavy atom. The molecule has 10 heteroatoms. The first kappa shape index (κ1) is 21.0. The summed E-state index contributed by atoms with van der Waals surface area (Å²) < 4.78 is 44.0. The number of aryl methyl sites for hydroxylation is 2. The van der Waals surface area contributed by atoms with Crippen molar-refractivity contribution in [2.45, 2.75) is 45.1 Å². The fraction of sp³-hybridized carbons (Fsp3) is 0.381.